The third kappa shape index (κ3) is 2.56. The van der Waals surface area contributed by atoms with E-state index in [0.29, 0.717) is 19.4 Å². The van der Waals surface area contributed by atoms with Crippen molar-refractivity contribution in [2.24, 2.45) is 5.92 Å². The summed E-state index contributed by atoms with van der Waals surface area (Å²) in [5, 5.41) is 9.28. The van der Waals surface area contributed by atoms with Crippen LogP contribution in [0, 0.1) is 5.92 Å². The molecule has 0 bridgehead atoms. The lowest BCUT2D eigenvalue weighted by atomic mass is 9.87. The van der Waals surface area contributed by atoms with Gasteiger partial charge in [-0.3, -0.25) is 4.79 Å². The highest BCUT2D eigenvalue weighted by Crippen LogP contribution is 2.25. The highest BCUT2D eigenvalue weighted by Gasteiger charge is 2.26. The number of esters is 1. The van der Waals surface area contributed by atoms with Gasteiger partial charge in [-0.05, 0) is 26.7 Å². The van der Waals surface area contributed by atoms with Gasteiger partial charge in [0.25, 0.3) is 0 Å². The quantitative estimate of drug-likeness (QED) is 0.519. The maximum atomic E-state index is 11.4. The Morgan fingerprint density at radius 3 is 2.92 bits per heavy atom. The number of hydrogen-bond acceptors (Lipinski definition) is 3. The molecule has 0 radical (unpaired) electrons. The van der Waals surface area contributed by atoms with Crippen molar-refractivity contribution in [1.29, 1.82) is 0 Å². The summed E-state index contributed by atoms with van der Waals surface area (Å²) >= 11 is 0. The fourth-order valence-corrected chi connectivity index (χ4v) is 1.61. The molecule has 1 aliphatic carbocycles. The van der Waals surface area contributed by atoms with Crippen LogP contribution in [0.4, 0.5) is 0 Å². The number of carbonyl (C=O) groups excluding carboxylic acids is 1. The van der Waals surface area contributed by atoms with Gasteiger partial charge < -0.3 is 9.84 Å². The van der Waals surface area contributed by atoms with Crippen LogP contribution in [-0.4, -0.2) is 23.8 Å². The smallest absolute Gasteiger partial charge is 0.313 e. The van der Waals surface area contributed by atoms with Gasteiger partial charge in [0.2, 0.25) is 0 Å². The average Bonchev–Trinajstić information content (AvgIpc) is 2.04. The average molecular weight is 184 g/mol. The summed E-state index contributed by atoms with van der Waals surface area (Å²) in [5.41, 5.74) is 0.928. The molecule has 0 spiro atoms. The molecule has 1 N–H and O–H groups in total. The van der Waals surface area contributed by atoms with Crippen molar-refractivity contribution in [3.05, 3.63) is 11.6 Å². The number of aliphatic hydroxyl groups is 1. The van der Waals surface area contributed by atoms with Gasteiger partial charge in [0.15, 0.2) is 0 Å². The van der Waals surface area contributed by atoms with Gasteiger partial charge >= 0.3 is 5.97 Å². The van der Waals surface area contributed by atoms with Crippen molar-refractivity contribution in [2.75, 3.05) is 6.61 Å². The topological polar surface area (TPSA) is 46.5 Å². The van der Waals surface area contributed by atoms with E-state index in [0.717, 1.165) is 5.57 Å². The third-order valence-electron chi connectivity index (χ3n) is 2.33. The van der Waals surface area contributed by atoms with Crippen LogP contribution in [0.15, 0.2) is 11.6 Å². The Labute approximate surface area is 78.4 Å². The van der Waals surface area contributed by atoms with Crippen LogP contribution in [0.5, 0.6) is 0 Å². The molecule has 0 heterocycles. The van der Waals surface area contributed by atoms with Crippen LogP contribution >= 0.6 is 0 Å². The number of carbonyl (C=O) groups is 1. The summed E-state index contributed by atoms with van der Waals surface area (Å²) in [6, 6.07) is 0. The molecule has 1 rings (SSSR count). The molecule has 3 heteroatoms. The minimum atomic E-state index is -0.384. The maximum absolute atomic E-state index is 11.4. The van der Waals surface area contributed by atoms with Crippen LogP contribution in [0.1, 0.15) is 26.7 Å². The predicted octanol–water partition coefficient (Wildman–Crippen LogP) is 1.27. The Kier molecular flexibility index (Phi) is 3.48. The van der Waals surface area contributed by atoms with E-state index in [1.54, 1.807) is 13.0 Å². The molecule has 0 saturated heterocycles. The lowest BCUT2D eigenvalue weighted by Gasteiger charge is -2.22. The van der Waals surface area contributed by atoms with Crippen molar-refractivity contribution >= 4 is 5.97 Å². The van der Waals surface area contributed by atoms with Gasteiger partial charge in [0.05, 0.1) is 18.6 Å². The first-order valence-electron chi connectivity index (χ1n) is 4.68. The Morgan fingerprint density at radius 2 is 2.38 bits per heavy atom. The molecule has 0 aromatic rings. The standard InChI is InChI=1S/C10H16O3/c1-3-13-10(12)9-5-4-8(11)6-7(9)2/h6,8-9,11H,3-5H2,1-2H3/t8-,9+/m0/s1. The minimum Gasteiger partial charge on any atom is -0.466 e. The highest BCUT2D eigenvalue weighted by atomic mass is 16.5. The third-order valence-corrected chi connectivity index (χ3v) is 2.33. The van der Waals surface area contributed by atoms with E-state index in [4.69, 9.17) is 4.74 Å². The Bertz CT molecular complexity index is 220. The predicted molar refractivity (Wildman–Crippen MR) is 49.1 cm³/mol. The van der Waals surface area contributed by atoms with Gasteiger partial charge in [-0.25, -0.2) is 0 Å². The summed E-state index contributed by atoms with van der Waals surface area (Å²) < 4.78 is 4.93. The van der Waals surface area contributed by atoms with Crippen LogP contribution in [0.25, 0.3) is 0 Å². The second kappa shape index (κ2) is 4.42. The van der Waals surface area contributed by atoms with Crippen molar-refractivity contribution in [2.45, 2.75) is 32.8 Å². The van der Waals surface area contributed by atoms with Crippen molar-refractivity contribution < 1.29 is 14.6 Å². The molecule has 0 aromatic heterocycles. The van der Waals surface area contributed by atoms with E-state index >= 15 is 0 Å². The van der Waals surface area contributed by atoms with E-state index in [-0.39, 0.29) is 18.0 Å². The van der Waals surface area contributed by atoms with E-state index in [1.165, 1.54) is 0 Å². The largest absolute Gasteiger partial charge is 0.466 e. The zero-order valence-corrected chi connectivity index (χ0v) is 8.12. The molecule has 0 amide bonds. The molecule has 2 atom stereocenters. The van der Waals surface area contributed by atoms with Crippen molar-refractivity contribution in [1.82, 2.24) is 0 Å². The molecular formula is C10H16O3. The molecule has 0 saturated carbocycles. The van der Waals surface area contributed by atoms with E-state index < -0.39 is 0 Å². The van der Waals surface area contributed by atoms with Crippen LogP contribution < -0.4 is 0 Å². The van der Waals surface area contributed by atoms with Gasteiger partial charge in [-0.1, -0.05) is 11.6 Å². The van der Waals surface area contributed by atoms with Crippen molar-refractivity contribution in [3.63, 3.8) is 0 Å². The summed E-state index contributed by atoms with van der Waals surface area (Å²) in [7, 11) is 0. The molecule has 0 unspecified atom stereocenters. The molecular weight excluding hydrogens is 168 g/mol. The maximum Gasteiger partial charge on any atom is 0.313 e. The van der Waals surface area contributed by atoms with Gasteiger partial charge in [0, 0.05) is 0 Å². The summed E-state index contributed by atoms with van der Waals surface area (Å²) in [6.07, 6.45) is 2.71. The second-order valence-corrected chi connectivity index (χ2v) is 3.36. The second-order valence-electron chi connectivity index (χ2n) is 3.36. The zero-order chi connectivity index (χ0) is 9.84. The Hall–Kier alpha value is -0.830. The summed E-state index contributed by atoms with van der Waals surface area (Å²) in [6.45, 7) is 4.09. The van der Waals surface area contributed by atoms with Gasteiger partial charge in [-0.2, -0.15) is 0 Å². The van der Waals surface area contributed by atoms with Crippen LogP contribution in [0.2, 0.25) is 0 Å². The first-order chi connectivity index (χ1) is 6.15. The van der Waals surface area contributed by atoms with Crippen LogP contribution in [0.3, 0.4) is 0 Å². The SMILES string of the molecule is CCOC(=O)[C@@H]1CC[C@H](O)C=C1C. The fraction of sp³-hybridized carbons (Fsp3) is 0.700. The molecule has 0 aromatic carbocycles. The van der Waals surface area contributed by atoms with E-state index in [2.05, 4.69) is 0 Å². The first-order valence-corrected chi connectivity index (χ1v) is 4.68. The zero-order valence-electron chi connectivity index (χ0n) is 8.12. The molecule has 13 heavy (non-hydrogen) atoms. The number of rotatable bonds is 2. The normalized spacial score (nSPS) is 28.1. The molecule has 1 aliphatic rings. The van der Waals surface area contributed by atoms with E-state index in [9.17, 15) is 9.90 Å². The molecule has 74 valence electrons. The fourth-order valence-electron chi connectivity index (χ4n) is 1.61. The summed E-state index contributed by atoms with van der Waals surface area (Å²) in [5.74, 6) is -0.300. The Morgan fingerprint density at radius 1 is 1.69 bits per heavy atom. The number of ether oxygens (including phenoxy) is 1. The van der Waals surface area contributed by atoms with E-state index in [1.807, 2.05) is 6.92 Å². The molecule has 0 aliphatic heterocycles. The van der Waals surface area contributed by atoms with Crippen LogP contribution in [-0.2, 0) is 9.53 Å². The molecule has 0 fully saturated rings. The first kappa shape index (κ1) is 10.3. The highest BCUT2D eigenvalue weighted by molar-refractivity contribution is 5.75. The summed E-state index contributed by atoms with van der Waals surface area (Å²) in [4.78, 5) is 11.4. The lowest BCUT2D eigenvalue weighted by Crippen LogP contribution is -2.24. The van der Waals surface area contributed by atoms with Crippen molar-refractivity contribution in [3.8, 4) is 0 Å². The minimum absolute atomic E-state index is 0.136. The monoisotopic (exact) mass is 184 g/mol. The Balaban J connectivity index is 2.61. The number of aliphatic hydroxyl groups excluding tert-OH is 1. The van der Waals surface area contributed by atoms with Gasteiger partial charge in [0.1, 0.15) is 0 Å². The lowest BCUT2D eigenvalue weighted by molar-refractivity contribution is -0.147. The van der Waals surface area contributed by atoms with Gasteiger partial charge in [-0.15, -0.1) is 0 Å². The number of hydrogen-bond donors (Lipinski definition) is 1. The molecule has 3 nitrogen and oxygen atoms in total.